The number of hydrogen-bond acceptors (Lipinski definition) is 3. The molecule has 114 valence electrons. The second-order valence-electron chi connectivity index (χ2n) is 5.92. The van der Waals surface area contributed by atoms with Crippen LogP contribution in [0.1, 0.15) is 30.0 Å². The van der Waals surface area contributed by atoms with E-state index >= 15 is 0 Å². The number of halogens is 1. The maximum atomic E-state index is 12.3. The van der Waals surface area contributed by atoms with Gasteiger partial charge in [0.2, 0.25) is 0 Å². The van der Waals surface area contributed by atoms with Crippen LogP contribution in [0.25, 0.3) is 0 Å². The molecule has 3 rings (SSSR count). The second-order valence-corrected chi connectivity index (χ2v) is 6.35. The molecule has 0 bridgehead atoms. The van der Waals surface area contributed by atoms with Gasteiger partial charge in [-0.15, -0.1) is 0 Å². The number of aliphatic hydroxyl groups is 1. The molecule has 4 heteroatoms. The van der Waals surface area contributed by atoms with Gasteiger partial charge in [0, 0.05) is 11.4 Å². The van der Waals surface area contributed by atoms with Crippen molar-refractivity contribution in [3.8, 4) is 0 Å². The monoisotopic (exact) mass is 316 g/mol. The number of fused-ring (bicyclic) bond motifs is 1. The van der Waals surface area contributed by atoms with E-state index in [1.54, 1.807) is 25.1 Å². The van der Waals surface area contributed by atoms with Crippen molar-refractivity contribution in [1.82, 2.24) is 0 Å². The van der Waals surface area contributed by atoms with E-state index in [2.05, 4.69) is 0 Å². The standard InChI is InChI=1S/C18H17ClO3/c1-17(16(20)22-2)11-18(21,12-6-4-3-5-7-12)15-10-13(19)8-9-14(15)17/h3-10,21H,11H2,1-2H3/t17-,18-/m1/s1. The Bertz CT molecular complexity index is 728. The van der Waals surface area contributed by atoms with Crippen LogP contribution in [0.15, 0.2) is 48.5 Å². The summed E-state index contributed by atoms with van der Waals surface area (Å²) >= 11 is 6.12. The highest BCUT2D eigenvalue weighted by atomic mass is 35.5. The highest BCUT2D eigenvalue weighted by molar-refractivity contribution is 6.30. The third-order valence-corrected chi connectivity index (χ3v) is 4.75. The Morgan fingerprint density at radius 2 is 1.86 bits per heavy atom. The van der Waals surface area contributed by atoms with Crippen molar-refractivity contribution in [3.63, 3.8) is 0 Å². The summed E-state index contributed by atoms with van der Waals surface area (Å²) in [6, 6.07) is 14.6. The lowest BCUT2D eigenvalue weighted by atomic mass is 9.81. The molecule has 0 amide bonds. The minimum absolute atomic E-state index is 0.229. The molecule has 2 aromatic carbocycles. The van der Waals surface area contributed by atoms with Gasteiger partial charge in [0.1, 0.15) is 5.60 Å². The summed E-state index contributed by atoms with van der Waals surface area (Å²) in [5.74, 6) is -0.358. The molecule has 3 nitrogen and oxygen atoms in total. The van der Waals surface area contributed by atoms with E-state index in [0.717, 1.165) is 11.1 Å². The van der Waals surface area contributed by atoms with Crippen LogP contribution in [-0.2, 0) is 20.5 Å². The Hall–Kier alpha value is -1.84. The van der Waals surface area contributed by atoms with Crippen LogP contribution in [0.2, 0.25) is 5.02 Å². The van der Waals surface area contributed by atoms with E-state index in [-0.39, 0.29) is 12.4 Å². The van der Waals surface area contributed by atoms with Crippen molar-refractivity contribution >= 4 is 17.6 Å². The van der Waals surface area contributed by atoms with Gasteiger partial charge in [0.25, 0.3) is 0 Å². The van der Waals surface area contributed by atoms with Crippen LogP contribution < -0.4 is 0 Å². The third-order valence-electron chi connectivity index (χ3n) is 4.52. The van der Waals surface area contributed by atoms with Crippen molar-refractivity contribution in [2.24, 2.45) is 0 Å². The SMILES string of the molecule is COC(=O)[C@]1(C)C[C@@](O)(c2ccccc2)c2cc(Cl)ccc21. The molecule has 0 radical (unpaired) electrons. The molecule has 0 saturated heterocycles. The quantitative estimate of drug-likeness (QED) is 0.864. The lowest BCUT2D eigenvalue weighted by Crippen LogP contribution is -2.35. The first-order chi connectivity index (χ1) is 10.4. The summed E-state index contributed by atoms with van der Waals surface area (Å²) in [5, 5.41) is 11.9. The molecule has 0 aromatic heterocycles. The highest BCUT2D eigenvalue weighted by Crippen LogP contribution is 2.52. The van der Waals surface area contributed by atoms with Crippen LogP contribution in [0.5, 0.6) is 0 Å². The average Bonchev–Trinajstić information content (AvgIpc) is 2.77. The highest BCUT2D eigenvalue weighted by Gasteiger charge is 2.54. The molecular formula is C18H17ClO3. The maximum Gasteiger partial charge on any atom is 0.316 e. The van der Waals surface area contributed by atoms with E-state index in [9.17, 15) is 9.90 Å². The lowest BCUT2D eigenvalue weighted by Gasteiger charge is -2.27. The topological polar surface area (TPSA) is 46.5 Å². The number of ether oxygens (including phenoxy) is 1. The van der Waals surface area contributed by atoms with E-state index in [1.807, 2.05) is 30.3 Å². The van der Waals surface area contributed by atoms with Gasteiger partial charge in [-0.2, -0.15) is 0 Å². The van der Waals surface area contributed by atoms with Crippen LogP contribution in [0, 0.1) is 0 Å². The lowest BCUT2D eigenvalue weighted by molar-refractivity contribution is -0.148. The zero-order valence-electron chi connectivity index (χ0n) is 12.5. The van der Waals surface area contributed by atoms with Gasteiger partial charge in [0.05, 0.1) is 12.5 Å². The Balaban J connectivity index is 2.25. The van der Waals surface area contributed by atoms with E-state index < -0.39 is 11.0 Å². The number of hydrogen-bond donors (Lipinski definition) is 1. The molecule has 1 N–H and O–H groups in total. The normalized spacial score (nSPS) is 26.5. The summed E-state index contributed by atoms with van der Waals surface area (Å²) in [6.45, 7) is 1.80. The fraction of sp³-hybridized carbons (Fsp3) is 0.278. The Kier molecular flexibility index (Phi) is 3.50. The Labute approximate surface area is 134 Å². The van der Waals surface area contributed by atoms with E-state index in [4.69, 9.17) is 16.3 Å². The first kappa shape index (κ1) is 15.1. The van der Waals surface area contributed by atoms with Crippen molar-refractivity contribution in [2.75, 3.05) is 7.11 Å². The summed E-state index contributed by atoms with van der Waals surface area (Å²) in [4.78, 5) is 12.3. The van der Waals surface area contributed by atoms with Crippen LogP contribution in [0.4, 0.5) is 0 Å². The second kappa shape index (κ2) is 5.11. The fourth-order valence-corrected chi connectivity index (χ4v) is 3.59. The summed E-state index contributed by atoms with van der Waals surface area (Å²) < 4.78 is 4.97. The number of rotatable bonds is 2. The number of esters is 1. The first-order valence-corrected chi connectivity index (χ1v) is 7.46. The van der Waals surface area contributed by atoms with Gasteiger partial charge >= 0.3 is 5.97 Å². The molecule has 0 fully saturated rings. The van der Waals surface area contributed by atoms with Gasteiger partial charge < -0.3 is 9.84 Å². The molecule has 0 spiro atoms. The largest absolute Gasteiger partial charge is 0.468 e. The Morgan fingerprint density at radius 3 is 2.50 bits per heavy atom. The van der Waals surface area contributed by atoms with Crippen LogP contribution in [0.3, 0.4) is 0 Å². The van der Waals surface area contributed by atoms with Crippen molar-refractivity contribution in [3.05, 3.63) is 70.2 Å². The predicted molar refractivity (Wildman–Crippen MR) is 84.9 cm³/mol. The van der Waals surface area contributed by atoms with Crippen molar-refractivity contribution < 1.29 is 14.6 Å². The maximum absolute atomic E-state index is 12.3. The zero-order chi connectivity index (χ0) is 16.0. The fourth-order valence-electron chi connectivity index (χ4n) is 3.42. The smallest absolute Gasteiger partial charge is 0.316 e. The molecular weight excluding hydrogens is 300 g/mol. The number of carbonyl (C=O) groups excluding carboxylic acids is 1. The molecule has 2 atom stereocenters. The molecule has 0 heterocycles. The molecule has 1 aliphatic rings. The van der Waals surface area contributed by atoms with Gasteiger partial charge in [-0.3, -0.25) is 4.79 Å². The van der Waals surface area contributed by atoms with E-state index in [0.29, 0.717) is 10.6 Å². The number of carbonyl (C=O) groups is 1. The molecule has 0 aliphatic heterocycles. The van der Waals surface area contributed by atoms with Crippen LogP contribution >= 0.6 is 11.6 Å². The molecule has 0 unspecified atom stereocenters. The minimum Gasteiger partial charge on any atom is -0.468 e. The predicted octanol–water partition coefficient (Wildman–Crippen LogP) is 3.41. The molecule has 1 aliphatic carbocycles. The third kappa shape index (κ3) is 2.04. The van der Waals surface area contributed by atoms with Gasteiger partial charge in [0.15, 0.2) is 0 Å². The average molecular weight is 317 g/mol. The first-order valence-electron chi connectivity index (χ1n) is 7.08. The summed E-state index contributed by atoms with van der Waals surface area (Å²) in [5.41, 5.74) is 0.00399. The van der Waals surface area contributed by atoms with Gasteiger partial charge in [-0.25, -0.2) is 0 Å². The zero-order valence-corrected chi connectivity index (χ0v) is 13.2. The van der Waals surface area contributed by atoms with Crippen molar-refractivity contribution in [2.45, 2.75) is 24.4 Å². The minimum atomic E-state index is -1.26. The van der Waals surface area contributed by atoms with Crippen molar-refractivity contribution in [1.29, 1.82) is 0 Å². The number of benzene rings is 2. The van der Waals surface area contributed by atoms with Gasteiger partial charge in [-0.1, -0.05) is 48.0 Å². The van der Waals surface area contributed by atoms with Crippen LogP contribution in [-0.4, -0.2) is 18.2 Å². The molecule has 0 saturated carbocycles. The summed E-state index contributed by atoms with van der Waals surface area (Å²) in [7, 11) is 1.36. The Morgan fingerprint density at radius 1 is 1.18 bits per heavy atom. The van der Waals surface area contributed by atoms with E-state index in [1.165, 1.54) is 7.11 Å². The van der Waals surface area contributed by atoms with Gasteiger partial charge in [-0.05, 0) is 35.7 Å². The summed E-state index contributed by atoms with van der Waals surface area (Å²) in [6.07, 6.45) is 0.229. The molecule has 22 heavy (non-hydrogen) atoms. The molecule has 2 aromatic rings. The number of methoxy groups -OCH3 is 1.